The van der Waals surface area contributed by atoms with Gasteiger partial charge in [-0.3, -0.25) is 0 Å². The van der Waals surface area contributed by atoms with Crippen LogP contribution in [0.4, 0.5) is 17.1 Å². The molecule has 0 atom stereocenters. The summed E-state index contributed by atoms with van der Waals surface area (Å²) in [5.41, 5.74) is 16.0. The summed E-state index contributed by atoms with van der Waals surface area (Å²) in [7, 11) is 0. The van der Waals surface area contributed by atoms with Crippen LogP contribution in [0, 0.1) is 0 Å². The Balaban J connectivity index is 1.05. The fourth-order valence-corrected chi connectivity index (χ4v) is 9.16. The van der Waals surface area contributed by atoms with Gasteiger partial charge >= 0.3 is 0 Å². The van der Waals surface area contributed by atoms with Gasteiger partial charge in [0.1, 0.15) is 11.2 Å². The molecule has 0 radical (unpaired) electrons. The lowest BCUT2D eigenvalue weighted by Crippen LogP contribution is -2.09. The van der Waals surface area contributed by atoms with Crippen LogP contribution in [0.3, 0.4) is 0 Å². The standard InChI is InChI=1S/C52H32N2O/c1-3-13-36(14-4-1)53(37-15-5-2-6-16-37)38-27-22-33(23-28-38)34-24-29-39(30-25-34)54-44-31-26-35-12-11-20-41-40-17-7-8-18-42(40)50-49-43-19-9-10-21-46(43)55-47(49)32-45(54)52(50)51(44)48(35)41/h1-32H. The minimum Gasteiger partial charge on any atom is -0.456 e. The van der Waals surface area contributed by atoms with Crippen molar-refractivity contribution in [3.63, 3.8) is 0 Å². The van der Waals surface area contributed by atoms with Crippen molar-refractivity contribution >= 4 is 71.6 Å². The zero-order chi connectivity index (χ0) is 36.0. The van der Waals surface area contributed by atoms with Gasteiger partial charge in [-0.2, -0.15) is 0 Å². The Labute approximate surface area is 317 Å². The zero-order valence-corrected chi connectivity index (χ0v) is 29.8. The first-order valence-corrected chi connectivity index (χ1v) is 18.9. The fourth-order valence-electron chi connectivity index (χ4n) is 9.16. The van der Waals surface area contributed by atoms with Crippen LogP contribution in [0.5, 0.6) is 0 Å². The second-order valence-corrected chi connectivity index (χ2v) is 14.5. The van der Waals surface area contributed by atoms with Crippen molar-refractivity contribution < 1.29 is 4.42 Å². The van der Waals surface area contributed by atoms with Crippen LogP contribution in [-0.4, -0.2) is 4.57 Å². The van der Waals surface area contributed by atoms with Crippen molar-refractivity contribution in [1.82, 2.24) is 4.57 Å². The second kappa shape index (κ2) is 11.6. The van der Waals surface area contributed by atoms with Gasteiger partial charge in [0.2, 0.25) is 0 Å². The number of nitrogens with zero attached hydrogens (tertiary/aromatic N) is 2. The third-order valence-electron chi connectivity index (χ3n) is 11.5. The Bertz CT molecular complexity index is 3240. The van der Waals surface area contributed by atoms with E-state index in [1.807, 2.05) is 0 Å². The summed E-state index contributed by atoms with van der Waals surface area (Å²) in [5, 5.41) is 7.45. The molecule has 0 bridgehead atoms. The van der Waals surface area contributed by atoms with E-state index in [2.05, 4.69) is 204 Å². The summed E-state index contributed by atoms with van der Waals surface area (Å²) in [6.45, 7) is 0. The molecule has 3 heteroatoms. The highest BCUT2D eigenvalue weighted by Gasteiger charge is 2.28. The average Bonchev–Trinajstić information content (AvgIpc) is 3.75. The van der Waals surface area contributed by atoms with Crippen molar-refractivity contribution in [3.8, 4) is 39.1 Å². The van der Waals surface area contributed by atoms with Crippen LogP contribution in [0.25, 0.3) is 93.6 Å². The molecule has 0 saturated heterocycles. The van der Waals surface area contributed by atoms with E-state index in [0.29, 0.717) is 0 Å². The second-order valence-electron chi connectivity index (χ2n) is 14.5. The molecule has 256 valence electrons. The highest BCUT2D eigenvalue weighted by Crippen LogP contribution is 2.53. The van der Waals surface area contributed by atoms with E-state index in [1.165, 1.54) is 65.8 Å². The number of para-hydroxylation sites is 3. The van der Waals surface area contributed by atoms with Crippen LogP contribution in [-0.2, 0) is 0 Å². The highest BCUT2D eigenvalue weighted by molar-refractivity contribution is 6.35. The normalized spacial score (nSPS) is 12.0. The Morgan fingerprint density at radius 1 is 0.382 bits per heavy atom. The number of hydrogen-bond donors (Lipinski definition) is 0. The maximum atomic E-state index is 6.67. The van der Waals surface area contributed by atoms with Gasteiger partial charge in [-0.25, -0.2) is 0 Å². The third kappa shape index (κ3) is 4.38. The van der Waals surface area contributed by atoms with E-state index in [0.717, 1.165) is 44.8 Å². The molecule has 1 aliphatic carbocycles. The Morgan fingerprint density at radius 3 is 1.75 bits per heavy atom. The molecule has 2 aromatic heterocycles. The molecule has 0 fully saturated rings. The molecule has 3 nitrogen and oxygen atoms in total. The Kier molecular flexibility index (Phi) is 6.34. The molecular weight excluding hydrogens is 669 g/mol. The van der Waals surface area contributed by atoms with Crippen molar-refractivity contribution in [2.45, 2.75) is 0 Å². The molecule has 0 aliphatic heterocycles. The largest absolute Gasteiger partial charge is 0.456 e. The van der Waals surface area contributed by atoms with Crippen molar-refractivity contribution in [2.75, 3.05) is 4.90 Å². The van der Waals surface area contributed by atoms with E-state index >= 15 is 0 Å². The fraction of sp³-hybridized carbons (Fsp3) is 0. The van der Waals surface area contributed by atoms with Gasteiger partial charge in [0.25, 0.3) is 0 Å². The van der Waals surface area contributed by atoms with E-state index < -0.39 is 0 Å². The van der Waals surface area contributed by atoms with Gasteiger partial charge in [-0.1, -0.05) is 127 Å². The summed E-state index contributed by atoms with van der Waals surface area (Å²) < 4.78 is 9.11. The number of rotatable bonds is 5. The molecule has 0 amide bonds. The van der Waals surface area contributed by atoms with E-state index in [4.69, 9.17) is 4.42 Å². The molecule has 11 aromatic rings. The van der Waals surface area contributed by atoms with Crippen LogP contribution in [0.1, 0.15) is 0 Å². The number of fused-ring (bicyclic) bond motifs is 7. The predicted molar refractivity (Wildman–Crippen MR) is 230 cm³/mol. The Hall–Kier alpha value is -7.36. The lowest BCUT2D eigenvalue weighted by Gasteiger charge is -2.25. The van der Waals surface area contributed by atoms with Gasteiger partial charge in [0.05, 0.1) is 11.0 Å². The first-order chi connectivity index (χ1) is 27.3. The molecule has 0 unspecified atom stereocenters. The molecule has 12 rings (SSSR count). The monoisotopic (exact) mass is 700 g/mol. The first-order valence-electron chi connectivity index (χ1n) is 18.9. The lowest BCUT2D eigenvalue weighted by atomic mass is 9.91. The van der Waals surface area contributed by atoms with E-state index in [9.17, 15) is 0 Å². The van der Waals surface area contributed by atoms with E-state index in [-0.39, 0.29) is 0 Å². The van der Waals surface area contributed by atoms with Crippen LogP contribution >= 0.6 is 0 Å². The smallest absolute Gasteiger partial charge is 0.138 e. The number of anilines is 3. The van der Waals surface area contributed by atoms with Crippen LogP contribution < -0.4 is 4.90 Å². The third-order valence-corrected chi connectivity index (χ3v) is 11.5. The topological polar surface area (TPSA) is 21.3 Å². The zero-order valence-electron chi connectivity index (χ0n) is 29.8. The molecular formula is C52H32N2O. The first kappa shape index (κ1) is 30.1. The minimum absolute atomic E-state index is 0.904. The summed E-state index contributed by atoms with van der Waals surface area (Å²) in [5.74, 6) is 0. The van der Waals surface area contributed by atoms with Gasteiger partial charge in [-0.15, -0.1) is 0 Å². The molecule has 2 heterocycles. The number of benzene rings is 9. The summed E-state index contributed by atoms with van der Waals surface area (Å²) in [6.07, 6.45) is 0. The number of hydrogen-bond acceptors (Lipinski definition) is 2. The minimum atomic E-state index is 0.904. The summed E-state index contributed by atoms with van der Waals surface area (Å²) in [4.78, 5) is 2.30. The summed E-state index contributed by atoms with van der Waals surface area (Å²) in [6, 6.07) is 70.0. The number of aromatic nitrogens is 1. The molecule has 9 aromatic carbocycles. The van der Waals surface area contributed by atoms with Crippen molar-refractivity contribution in [3.05, 3.63) is 194 Å². The SMILES string of the molecule is c1ccc(N(c2ccccc2)c2ccc(-c3ccc(-n4c5cc6oc7ccccc7c6c6c5c5c7c(cccc7ccc54)-c4ccccc4-6)cc3)cc2)cc1. The summed E-state index contributed by atoms with van der Waals surface area (Å²) >= 11 is 0. The maximum Gasteiger partial charge on any atom is 0.138 e. The molecule has 1 aliphatic rings. The highest BCUT2D eigenvalue weighted by atomic mass is 16.3. The van der Waals surface area contributed by atoms with Crippen LogP contribution in [0.2, 0.25) is 0 Å². The average molecular weight is 701 g/mol. The molecule has 0 spiro atoms. The predicted octanol–water partition coefficient (Wildman–Crippen LogP) is 14.6. The van der Waals surface area contributed by atoms with Gasteiger partial charge in [0, 0.05) is 55.9 Å². The van der Waals surface area contributed by atoms with Gasteiger partial charge < -0.3 is 13.9 Å². The van der Waals surface area contributed by atoms with Gasteiger partial charge in [0.15, 0.2) is 0 Å². The number of furan rings is 1. The van der Waals surface area contributed by atoms with E-state index in [1.54, 1.807) is 0 Å². The molecule has 0 saturated carbocycles. The molecule has 55 heavy (non-hydrogen) atoms. The quantitative estimate of drug-likeness (QED) is 0.178. The van der Waals surface area contributed by atoms with Crippen molar-refractivity contribution in [2.24, 2.45) is 0 Å². The molecule has 0 N–H and O–H groups in total. The Morgan fingerprint density at radius 2 is 1.00 bits per heavy atom. The van der Waals surface area contributed by atoms with Crippen molar-refractivity contribution in [1.29, 1.82) is 0 Å². The van der Waals surface area contributed by atoms with Gasteiger partial charge in [-0.05, 0) is 99.3 Å². The maximum absolute atomic E-state index is 6.67. The lowest BCUT2D eigenvalue weighted by molar-refractivity contribution is 0.669. The van der Waals surface area contributed by atoms with Crippen LogP contribution in [0.15, 0.2) is 199 Å².